The predicted octanol–water partition coefficient (Wildman–Crippen LogP) is 4.40. The molecule has 1 N–H and O–H groups in total. The van der Waals surface area contributed by atoms with E-state index in [1.807, 2.05) is 0 Å². The van der Waals surface area contributed by atoms with Crippen LogP contribution in [-0.4, -0.2) is 45.6 Å². The van der Waals surface area contributed by atoms with Crippen molar-refractivity contribution >= 4 is 58.5 Å². The Bertz CT molecular complexity index is 863. The van der Waals surface area contributed by atoms with Crippen LogP contribution in [0.25, 0.3) is 22.1 Å². The monoisotopic (exact) mass is 375 g/mol. The van der Waals surface area contributed by atoms with Crippen molar-refractivity contribution in [2.24, 2.45) is 0 Å². The van der Waals surface area contributed by atoms with Crippen LogP contribution in [0.3, 0.4) is 0 Å². The number of rotatable bonds is 4. The zero-order valence-electron chi connectivity index (χ0n) is 11.9. The molecule has 0 fully saturated rings. The van der Waals surface area contributed by atoms with Crippen LogP contribution in [0, 0.1) is 5.82 Å². The van der Waals surface area contributed by atoms with Gasteiger partial charge in [0.15, 0.2) is 5.76 Å². The number of carbonyl (C=O) groups is 1. The Morgan fingerprint density at radius 1 is 1.29 bits per heavy atom. The van der Waals surface area contributed by atoms with Crippen molar-refractivity contribution in [2.45, 2.75) is 12.8 Å². The van der Waals surface area contributed by atoms with Crippen molar-refractivity contribution < 1.29 is 18.7 Å². The summed E-state index contributed by atoms with van der Waals surface area (Å²) in [5.41, 5.74) is 0.884. The standard InChI is InChI=1S/C16H11ClFNO3S.Na.H/c1-8(16(20)21)13-14(11-6-7-12(17)23-11)22-15(19-13)9-2-4-10(18)5-3-9;;/h2-8H,1H3,(H,20,21);;. The van der Waals surface area contributed by atoms with E-state index in [1.165, 1.54) is 42.5 Å². The minimum absolute atomic E-state index is 0. The van der Waals surface area contributed by atoms with Crippen LogP contribution < -0.4 is 0 Å². The van der Waals surface area contributed by atoms with E-state index in [-0.39, 0.29) is 41.3 Å². The van der Waals surface area contributed by atoms with Gasteiger partial charge in [0.1, 0.15) is 17.4 Å². The number of carboxylic acid groups (broad SMARTS) is 1. The SMILES string of the molecule is CC(C(=O)O)c1nc(-c2ccc(F)cc2)oc1-c1ccc(Cl)s1.[NaH]. The van der Waals surface area contributed by atoms with Gasteiger partial charge in [-0.15, -0.1) is 11.3 Å². The quantitative estimate of drug-likeness (QED) is 0.686. The van der Waals surface area contributed by atoms with Crippen molar-refractivity contribution in [3.05, 3.63) is 52.2 Å². The van der Waals surface area contributed by atoms with E-state index in [4.69, 9.17) is 16.0 Å². The summed E-state index contributed by atoms with van der Waals surface area (Å²) in [5, 5.41) is 9.27. The molecular weight excluding hydrogens is 364 g/mol. The molecule has 0 amide bonds. The van der Waals surface area contributed by atoms with E-state index in [9.17, 15) is 14.3 Å². The number of aromatic nitrogens is 1. The Morgan fingerprint density at radius 3 is 2.50 bits per heavy atom. The van der Waals surface area contributed by atoms with Gasteiger partial charge in [0.2, 0.25) is 5.89 Å². The third kappa shape index (κ3) is 3.90. The fourth-order valence-electron chi connectivity index (χ4n) is 2.07. The van der Waals surface area contributed by atoms with Crippen LogP contribution in [0.2, 0.25) is 4.34 Å². The number of hydrogen-bond acceptors (Lipinski definition) is 4. The number of oxazole rings is 1. The molecule has 2 aromatic heterocycles. The van der Waals surface area contributed by atoms with E-state index in [0.717, 1.165) is 0 Å². The zero-order valence-corrected chi connectivity index (χ0v) is 13.5. The van der Waals surface area contributed by atoms with Gasteiger partial charge in [-0.05, 0) is 43.3 Å². The third-order valence-electron chi connectivity index (χ3n) is 3.32. The van der Waals surface area contributed by atoms with Crippen molar-refractivity contribution in [1.29, 1.82) is 0 Å². The number of aliphatic carboxylic acids is 1. The summed E-state index contributed by atoms with van der Waals surface area (Å²) in [6.07, 6.45) is 0. The molecule has 0 saturated carbocycles. The molecule has 4 nitrogen and oxygen atoms in total. The topological polar surface area (TPSA) is 63.3 Å². The van der Waals surface area contributed by atoms with E-state index in [2.05, 4.69) is 4.98 Å². The summed E-state index contributed by atoms with van der Waals surface area (Å²) in [5.74, 6) is -1.61. The number of thiophene rings is 1. The van der Waals surface area contributed by atoms with E-state index in [1.54, 1.807) is 12.1 Å². The molecule has 1 aromatic carbocycles. The molecule has 0 bridgehead atoms. The molecule has 0 aliphatic carbocycles. The van der Waals surface area contributed by atoms with Gasteiger partial charge in [0.25, 0.3) is 0 Å². The van der Waals surface area contributed by atoms with Gasteiger partial charge in [-0.2, -0.15) is 0 Å². The summed E-state index contributed by atoms with van der Waals surface area (Å²) in [6.45, 7) is 1.54. The fraction of sp³-hybridized carbons (Fsp3) is 0.125. The Morgan fingerprint density at radius 2 is 1.96 bits per heavy atom. The van der Waals surface area contributed by atoms with Gasteiger partial charge in [-0.1, -0.05) is 11.6 Å². The molecule has 1 unspecified atom stereocenters. The first-order chi connectivity index (χ1) is 11.0. The first-order valence-corrected chi connectivity index (χ1v) is 7.90. The molecule has 0 aliphatic rings. The molecule has 0 saturated heterocycles. The summed E-state index contributed by atoms with van der Waals surface area (Å²) in [6, 6.07) is 9.10. The molecule has 2 heterocycles. The second-order valence-electron chi connectivity index (χ2n) is 4.90. The van der Waals surface area contributed by atoms with Crippen molar-refractivity contribution in [2.75, 3.05) is 0 Å². The van der Waals surface area contributed by atoms with Crippen LogP contribution >= 0.6 is 22.9 Å². The number of carboxylic acids is 1. The van der Waals surface area contributed by atoms with Crippen LogP contribution in [0.1, 0.15) is 18.5 Å². The number of hydrogen-bond donors (Lipinski definition) is 1. The predicted molar refractivity (Wildman–Crippen MR) is 93.4 cm³/mol. The molecule has 24 heavy (non-hydrogen) atoms. The molecular formula is C16H12ClFNNaO3S. The molecule has 1 atom stereocenters. The molecule has 0 spiro atoms. The second kappa shape index (κ2) is 7.80. The Hall–Kier alpha value is -1.18. The maximum absolute atomic E-state index is 13.0. The summed E-state index contributed by atoms with van der Waals surface area (Å²) < 4.78 is 19.4. The number of halogens is 2. The molecule has 0 aliphatic heterocycles. The fourth-order valence-corrected chi connectivity index (χ4v) is 3.10. The summed E-state index contributed by atoms with van der Waals surface area (Å²) >= 11 is 7.22. The van der Waals surface area contributed by atoms with Crippen molar-refractivity contribution in [1.82, 2.24) is 4.98 Å². The number of nitrogens with zero attached hydrogens (tertiary/aromatic N) is 1. The van der Waals surface area contributed by atoms with E-state index in [0.29, 0.717) is 26.2 Å². The van der Waals surface area contributed by atoms with Gasteiger partial charge >= 0.3 is 35.5 Å². The first-order valence-electron chi connectivity index (χ1n) is 6.71. The molecule has 3 rings (SSSR count). The van der Waals surface area contributed by atoms with Crippen LogP contribution in [-0.2, 0) is 4.79 Å². The Balaban J connectivity index is 0.00000208. The van der Waals surface area contributed by atoms with Crippen molar-refractivity contribution in [3.63, 3.8) is 0 Å². The van der Waals surface area contributed by atoms with Gasteiger partial charge in [-0.25, -0.2) is 9.37 Å². The molecule has 120 valence electrons. The Labute approximate surface area is 168 Å². The average Bonchev–Trinajstić information content (AvgIpc) is 3.13. The van der Waals surface area contributed by atoms with Crippen LogP contribution in [0.5, 0.6) is 0 Å². The average molecular weight is 376 g/mol. The maximum atomic E-state index is 13.0. The summed E-state index contributed by atoms with van der Waals surface area (Å²) in [4.78, 5) is 16.3. The number of benzene rings is 1. The van der Waals surface area contributed by atoms with Crippen LogP contribution in [0.15, 0.2) is 40.8 Å². The second-order valence-corrected chi connectivity index (χ2v) is 6.62. The van der Waals surface area contributed by atoms with Gasteiger partial charge in [0.05, 0.1) is 9.21 Å². The van der Waals surface area contributed by atoms with Gasteiger partial charge < -0.3 is 9.52 Å². The van der Waals surface area contributed by atoms with E-state index >= 15 is 0 Å². The molecule has 8 heteroatoms. The van der Waals surface area contributed by atoms with Crippen LogP contribution in [0.4, 0.5) is 4.39 Å². The first kappa shape index (κ1) is 19.1. The normalized spacial score (nSPS) is 11.8. The molecule has 0 radical (unpaired) electrons. The van der Waals surface area contributed by atoms with Gasteiger partial charge in [0, 0.05) is 5.56 Å². The molecule has 3 aromatic rings. The van der Waals surface area contributed by atoms with Gasteiger partial charge in [-0.3, -0.25) is 4.79 Å². The van der Waals surface area contributed by atoms with E-state index < -0.39 is 11.9 Å². The zero-order chi connectivity index (χ0) is 16.6. The Kier molecular flexibility index (Phi) is 6.22. The summed E-state index contributed by atoms with van der Waals surface area (Å²) in [7, 11) is 0. The minimum atomic E-state index is -1.01. The third-order valence-corrected chi connectivity index (χ3v) is 4.55. The van der Waals surface area contributed by atoms with Crippen molar-refractivity contribution in [3.8, 4) is 22.1 Å².